The van der Waals surface area contributed by atoms with Crippen molar-refractivity contribution in [1.29, 1.82) is 0 Å². The first-order valence-corrected chi connectivity index (χ1v) is 8.20. The highest BCUT2D eigenvalue weighted by atomic mass is 16.5. The van der Waals surface area contributed by atoms with E-state index >= 15 is 0 Å². The first-order chi connectivity index (χ1) is 9.69. The van der Waals surface area contributed by atoms with Crippen molar-refractivity contribution in [2.75, 3.05) is 19.8 Å². The van der Waals surface area contributed by atoms with Crippen molar-refractivity contribution in [3.63, 3.8) is 0 Å². The van der Waals surface area contributed by atoms with Gasteiger partial charge in [-0.25, -0.2) is 0 Å². The van der Waals surface area contributed by atoms with Crippen molar-refractivity contribution in [1.82, 2.24) is 5.32 Å². The van der Waals surface area contributed by atoms with Crippen LogP contribution in [-0.2, 0) is 9.53 Å². The SMILES string of the molecule is CCOC(=O)C1CCCC(NCC2(CO)CCCC2)C1. The molecule has 2 fully saturated rings. The molecule has 0 bridgehead atoms. The number of rotatable bonds is 6. The van der Waals surface area contributed by atoms with Gasteiger partial charge in [0.05, 0.1) is 12.5 Å². The number of aliphatic hydroxyl groups is 1. The van der Waals surface area contributed by atoms with Crippen molar-refractivity contribution >= 4 is 5.97 Å². The van der Waals surface area contributed by atoms with Crippen LogP contribution in [0.3, 0.4) is 0 Å². The topological polar surface area (TPSA) is 58.6 Å². The molecule has 0 aliphatic heterocycles. The third-order valence-electron chi connectivity index (χ3n) is 5.06. The number of esters is 1. The number of ether oxygens (including phenoxy) is 1. The summed E-state index contributed by atoms with van der Waals surface area (Å²) in [4.78, 5) is 11.8. The average Bonchev–Trinajstić information content (AvgIpc) is 2.95. The van der Waals surface area contributed by atoms with E-state index in [1.165, 1.54) is 12.8 Å². The van der Waals surface area contributed by atoms with Crippen molar-refractivity contribution in [2.24, 2.45) is 11.3 Å². The van der Waals surface area contributed by atoms with Crippen molar-refractivity contribution in [3.8, 4) is 0 Å². The van der Waals surface area contributed by atoms with Gasteiger partial charge in [-0.15, -0.1) is 0 Å². The minimum Gasteiger partial charge on any atom is -0.466 e. The maximum absolute atomic E-state index is 11.8. The normalized spacial score (nSPS) is 29.3. The van der Waals surface area contributed by atoms with Gasteiger partial charge in [0, 0.05) is 24.6 Å². The highest BCUT2D eigenvalue weighted by molar-refractivity contribution is 5.72. The number of hydrogen-bond acceptors (Lipinski definition) is 4. The predicted octanol–water partition coefficient (Wildman–Crippen LogP) is 2.25. The first-order valence-electron chi connectivity index (χ1n) is 8.20. The lowest BCUT2D eigenvalue weighted by molar-refractivity contribution is -0.149. The lowest BCUT2D eigenvalue weighted by Gasteiger charge is -2.33. The number of nitrogens with one attached hydrogen (secondary N) is 1. The van der Waals surface area contributed by atoms with E-state index < -0.39 is 0 Å². The lowest BCUT2D eigenvalue weighted by Crippen LogP contribution is -2.43. The second kappa shape index (κ2) is 7.41. The van der Waals surface area contributed by atoms with Crippen molar-refractivity contribution in [2.45, 2.75) is 64.3 Å². The largest absolute Gasteiger partial charge is 0.466 e. The van der Waals surface area contributed by atoms with Gasteiger partial charge in [0.25, 0.3) is 0 Å². The Balaban J connectivity index is 1.79. The molecule has 2 aliphatic rings. The number of carbonyl (C=O) groups is 1. The quantitative estimate of drug-likeness (QED) is 0.734. The Labute approximate surface area is 122 Å². The molecule has 0 aromatic carbocycles. The van der Waals surface area contributed by atoms with E-state index in [-0.39, 0.29) is 23.9 Å². The second-order valence-electron chi connectivity index (χ2n) is 6.56. The summed E-state index contributed by atoms with van der Waals surface area (Å²) in [6.45, 7) is 3.51. The molecule has 0 heterocycles. The van der Waals surface area contributed by atoms with Crippen LogP contribution in [0.4, 0.5) is 0 Å². The molecule has 0 saturated heterocycles. The van der Waals surface area contributed by atoms with Gasteiger partial charge < -0.3 is 15.2 Å². The molecule has 0 aromatic heterocycles. The van der Waals surface area contributed by atoms with Crippen LogP contribution in [0.1, 0.15) is 58.3 Å². The molecule has 2 atom stereocenters. The fraction of sp³-hybridized carbons (Fsp3) is 0.938. The van der Waals surface area contributed by atoms with Crippen LogP contribution in [0, 0.1) is 11.3 Å². The Bertz CT molecular complexity index is 313. The smallest absolute Gasteiger partial charge is 0.308 e. The van der Waals surface area contributed by atoms with E-state index in [2.05, 4.69) is 5.32 Å². The summed E-state index contributed by atoms with van der Waals surface area (Å²) in [7, 11) is 0. The number of carbonyl (C=O) groups excluding carboxylic acids is 1. The predicted molar refractivity (Wildman–Crippen MR) is 78.4 cm³/mol. The van der Waals surface area contributed by atoms with E-state index in [1.54, 1.807) is 0 Å². The van der Waals surface area contributed by atoms with Crippen LogP contribution in [0.25, 0.3) is 0 Å². The van der Waals surface area contributed by atoms with Crippen LogP contribution in [0.5, 0.6) is 0 Å². The van der Waals surface area contributed by atoms with Crippen LogP contribution < -0.4 is 5.32 Å². The van der Waals surface area contributed by atoms with Gasteiger partial charge in [-0.05, 0) is 39.0 Å². The molecule has 20 heavy (non-hydrogen) atoms. The maximum atomic E-state index is 11.8. The summed E-state index contributed by atoms with van der Waals surface area (Å²) >= 11 is 0. The van der Waals surface area contributed by atoms with E-state index in [4.69, 9.17) is 4.74 Å². The van der Waals surface area contributed by atoms with E-state index in [9.17, 15) is 9.90 Å². The molecule has 0 amide bonds. The fourth-order valence-electron chi connectivity index (χ4n) is 3.73. The standard InChI is InChI=1S/C16H29NO3/c1-2-20-15(19)13-6-5-7-14(10-13)17-11-16(12-18)8-3-4-9-16/h13-14,17-18H,2-12H2,1H3. The van der Waals surface area contributed by atoms with Crippen molar-refractivity contribution < 1.29 is 14.6 Å². The molecule has 116 valence electrons. The zero-order valence-corrected chi connectivity index (χ0v) is 12.7. The summed E-state index contributed by atoms with van der Waals surface area (Å²) in [5.41, 5.74) is 0.0941. The lowest BCUT2D eigenvalue weighted by atomic mass is 9.83. The van der Waals surface area contributed by atoms with Crippen LogP contribution in [-0.4, -0.2) is 36.9 Å². The molecule has 0 aromatic rings. The molecule has 0 radical (unpaired) electrons. The monoisotopic (exact) mass is 283 g/mol. The van der Waals surface area contributed by atoms with Gasteiger partial charge in [0.15, 0.2) is 0 Å². The Morgan fingerprint density at radius 1 is 1.30 bits per heavy atom. The van der Waals surface area contributed by atoms with Crippen LogP contribution in [0.2, 0.25) is 0 Å². The minimum absolute atomic E-state index is 0.0308. The molecule has 2 N–H and O–H groups in total. The molecule has 2 saturated carbocycles. The Morgan fingerprint density at radius 3 is 2.70 bits per heavy atom. The summed E-state index contributed by atoms with van der Waals surface area (Å²) < 4.78 is 5.14. The summed E-state index contributed by atoms with van der Waals surface area (Å²) in [6, 6.07) is 0.405. The number of hydrogen-bond donors (Lipinski definition) is 2. The number of aliphatic hydroxyl groups excluding tert-OH is 1. The summed E-state index contributed by atoms with van der Waals surface area (Å²) in [5.74, 6) is 0.0339. The van der Waals surface area contributed by atoms with E-state index in [0.29, 0.717) is 12.6 Å². The highest BCUT2D eigenvalue weighted by Gasteiger charge is 2.35. The highest BCUT2D eigenvalue weighted by Crippen LogP contribution is 2.37. The van der Waals surface area contributed by atoms with Gasteiger partial charge in [0.2, 0.25) is 0 Å². The van der Waals surface area contributed by atoms with Crippen LogP contribution in [0.15, 0.2) is 0 Å². The third kappa shape index (κ3) is 3.95. The summed E-state index contributed by atoms with van der Waals surface area (Å²) in [6.07, 6.45) is 8.80. The Kier molecular flexibility index (Phi) is 5.85. The third-order valence-corrected chi connectivity index (χ3v) is 5.06. The molecular formula is C16H29NO3. The van der Waals surface area contributed by atoms with E-state index in [1.807, 2.05) is 6.92 Å². The van der Waals surface area contributed by atoms with Gasteiger partial charge in [0.1, 0.15) is 0 Å². The molecule has 2 aliphatic carbocycles. The molecule has 2 unspecified atom stereocenters. The van der Waals surface area contributed by atoms with Gasteiger partial charge in [-0.1, -0.05) is 19.3 Å². The minimum atomic E-state index is -0.0308. The summed E-state index contributed by atoms with van der Waals surface area (Å²) in [5, 5.41) is 13.3. The molecule has 2 rings (SSSR count). The average molecular weight is 283 g/mol. The van der Waals surface area contributed by atoms with Crippen LogP contribution >= 0.6 is 0 Å². The first kappa shape index (κ1) is 15.8. The van der Waals surface area contributed by atoms with Gasteiger partial charge in [-0.3, -0.25) is 4.79 Å². The maximum Gasteiger partial charge on any atom is 0.308 e. The van der Waals surface area contributed by atoms with Gasteiger partial charge in [-0.2, -0.15) is 0 Å². The van der Waals surface area contributed by atoms with Crippen molar-refractivity contribution in [3.05, 3.63) is 0 Å². The molecule has 0 spiro atoms. The molecular weight excluding hydrogens is 254 g/mol. The molecule has 4 nitrogen and oxygen atoms in total. The Morgan fingerprint density at radius 2 is 2.05 bits per heavy atom. The fourth-order valence-corrected chi connectivity index (χ4v) is 3.73. The Hall–Kier alpha value is -0.610. The molecule has 4 heteroatoms. The van der Waals surface area contributed by atoms with E-state index in [0.717, 1.165) is 45.1 Å². The zero-order chi connectivity index (χ0) is 14.4. The zero-order valence-electron chi connectivity index (χ0n) is 12.7. The van der Waals surface area contributed by atoms with Gasteiger partial charge >= 0.3 is 5.97 Å². The second-order valence-corrected chi connectivity index (χ2v) is 6.56.